The molecule has 0 spiro atoms. The average molecular weight is 349 g/mol. The van der Waals surface area contributed by atoms with Gasteiger partial charge in [0.1, 0.15) is 5.82 Å². The van der Waals surface area contributed by atoms with Crippen LogP contribution >= 0.6 is 0 Å². The highest BCUT2D eigenvalue weighted by atomic mass is 19.2. The Balaban J connectivity index is 2.28. The van der Waals surface area contributed by atoms with Gasteiger partial charge < -0.3 is 5.32 Å². The summed E-state index contributed by atoms with van der Waals surface area (Å²) >= 11 is 0. The zero-order chi connectivity index (χ0) is 18.7. The number of rotatable bonds is 5. The van der Waals surface area contributed by atoms with E-state index >= 15 is 0 Å². The highest BCUT2D eigenvalue weighted by Crippen LogP contribution is 2.28. The lowest BCUT2D eigenvalue weighted by Gasteiger charge is -2.13. The number of hydrogen-bond donors (Lipinski definition) is 1. The van der Waals surface area contributed by atoms with Crippen molar-refractivity contribution >= 4 is 17.4 Å². The Morgan fingerprint density at radius 1 is 0.880 bits per heavy atom. The van der Waals surface area contributed by atoms with E-state index in [1.54, 1.807) is 0 Å². The van der Waals surface area contributed by atoms with Crippen LogP contribution in [0.5, 0.6) is 0 Å². The smallest absolute Gasteiger partial charge is 0.255 e. The first-order valence-electron chi connectivity index (χ1n) is 7.86. The summed E-state index contributed by atoms with van der Waals surface area (Å²) in [6.07, 6.45) is 1.11. The normalized spacial score (nSPS) is 10.6. The summed E-state index contributed by atoms with van der Waals surface area (Å²) in [5.41, 5.74) is -0.538. The minimum atomic E-state index is -1.33. The number of amides is 1. The molecule has 0 aliphatic heterocycles. The summed E-state index contributed by atoms with van der Waals surface area (Å²) in [5.74, 6) is -4.31. The molecule has 0 aliphatic rings. The predicted octanol–water partition coefficient (Wildman–Crippen LogP) is 4.96. The predicted molar refractivity (Wildman–Crippen MR) is 89.4 cm³/mol. The third-order valence-corrected chi connectivity index (χ3v) is 3.96. The molecule has 0 saturated carbocycles. The topological polar surface area (TPSA) is 46.2 Å². The molecule has 2 aromatic carbocycles. The summed E-state index contributed by atoms with van der Waals surface area (Å²) in [7, 11) is 0. The molecule has 1 N–H and O–H groups in total. The van der Waals surface area contributed by atoms with Crippen LogP contribution in [0.25, 0.3) is 0 Å². The molecule has 0 bridgehead atoms. The Bertz CT molecular complexity index is 801. The highest BCUT2D eigenvalue weighted by Gasteiger charge is 2.22. The Hall–Kier alpha value is -2.63. The van der Waals surface area contributed by atoms with Crippen molar-refractivity contribution in [1.82, 2.24) is 0 Å². The van der Waals surface area contributed by atoms with Gasteiger partial charge in [-0.2, -0.15) is 0 Å². The third-order valence-electron chi connectivity index (χ3n) is 3.96. The van der Waals surface area contributed by atoms with Crippen molar-refractivity contribution in [3.8, 4) is 0 Å². The van der Waals surface area contributed by atoms with Crippen molar-refractivity contribution in [2.45, 2.75) is 33.6 Å². The lowest BCUT2D eigenvalue weighted by Crippen LogP contribution is -2.16. The van der Waals surface area contributed by atoms with Crippen molar-refractivity contribution in [1.29, 1.82) is 0 Å². The maximum Gasteiger partial charge on any atom is 0.255 e. The number of carbonyl (C=O) groups excluding carboxylic acids is 2. The summed E-state index contributed by atoms with van der Waals surface area (Å²) in [6.45, 7) is 4.27. The maximum atomic E-state index is 14.0. The second-order valence-corrected chi connectivity index (χ2v) is 5.77. The summed E-state index contributed by atoms with van der Waals surface area (Å²) in [4.78, 5) is 24.0. The van der Waals surface area contributed by atoms with Gasteiger partial charge >= 0.3 is 0 Å². The standard InChI is InChI=1S/C19H18F3NO2/c1-4-5-14(24)12-6-8-13(9-7-12)19(25)23-18-11(3)15(20)10(2)16(21)17(18)22/h6-9H,4-5H2,1-3H3,(H,23,25). The molecule has 0 aromatic heterocycles. The molecule has 0 radical (unpaired) electrons. The first-order valence-corrected chi connectivity index (χ1v) is 7.86. The fourth-order valence-electron chi connectivity index (χ4n) is 2.44. The quantitative estimate of drug-likeness (QED) is 0.613. The number of carbonyl (C=O) groups is 2. The minimum absolute atomic E-state index is 0.0426. The molecule has 1 amide bonds. The number of anilines is 1. The Morgan fingerprint density at radius 2 is 1.44 bits per heavy atom. The van der Waals surface area contributed by atoms with Crippen molar-refractivity contribution in [3.05, 3.63) is 64.0 Å². The van der Waals surface area contributed by atoms with Crippen LogP contribution in [0, 0.1) is 31.3 Å². The van der Waals surface area contributed by atoms with Gasteiger partial charge in [0.05, 0.1) is 5.69 Å². The summed E-state index contributed by atoms with van der Waals surface area (Å²) < 4.78 is 41.6. The number of halogens is 3. The number of ketones is 1. The first kappa shape index (κ1) is 18.7. The summed E-state index contributed by atoms with van der Waals surface area (Å²) in [5, 5.41) is 2.20. The Labute approximate surface area is 143 Å². The van der Waals surface area contributed by atoms with Crippen LogP contribution in [0.3, 0.4) is 0 Å². The zero-order valence-corrected chi connectivity index (χ0v) is 14.2. The second kappa shape index (κ2) is 7.51. The lowest BCUT2D eigenvalue weighted by atomic mass is 10.0. The van der Waals surface area contributed by atoms with Crippen LogP contribution < -0.4 is 5.32 Å². The Kier molecular flexibility index (Phi) is 5.62. The molecular formula is C19H18F3NO2. The van der Waals surface area contributed by atoms with Crippen molar-refractivity contribution in [3.63, 3.8) is 0 Å². The average Bonchev–Trinajstić information content (AvgIpc) is 2.62. The SMILES string of the molecule is CCCC(=O)c1ccc(C(=O)Nc2c(C)c(F)c(C)c(F)c2F)cc1. The maximum absolute atomic E-state index is 14.0. The molecule has 3 nitrogen and oxygen atoms in total. The Morgan fingerprint density at radius 3 is 2.00 bits per heavy atom. The van der Waals surface area contributed by atoms with E-state index in [1.807, 2.05) is 6.92 Å². The molecule has 132 valence electrons. The number of Topliss-reactive ketones (excluding diaryl/α,β-unsaturated/α-hetero) is 1. The van der Waals surface area contributed by atoms with Crippen LogP contribution in [0.1, 0.15) is 51.6 Å². The van der Waals surface area contributed by atoms with Crippen molar-refractivity contribution in [2.75, 3.05) is 5.32 Å². The molecule has 6 heteroatoms. The van der Waals surface area contributed by atoms with E-state index in [0.29, 0.717) is 18.4 Å². The van der Waals surface area contributed by atoms with Gasteiger partial charge in [0.15, 0.2) is 17.4 Å². The van der Waals surface area contributed by atoms with Gasteiger partial charge in [-0.15, -0.1) is 0 Å². The largest absolute Gasteiger partial charge is 0.319 e. The van der Waals surface area contributed by atoms with Crippen molar-refractivity contribution in [2.24, 2.45) is 0 Å². The number of nitrogens with one attached hydrogen (secondary N) is 1. The van der Waals surface area contributed by atoms with Gasteiger partial charge in [-0.05, 0) is 32.4 Å². The van der Waals surface area contributed by atoms with Gasteiger partial charge in [-0.1, -0.05) is 19.1 Å². The van der Waals surface area contributed by atoms with E-state index in [4.69, 9.17) is 0 Å². The van der Waals surface area contributed by atoms with E-state index in [-0.39, 0.29) is 16.9 Å². The second-order valence-electron chi connectivity index (χ2n) is 5.77. The van der Waals surface area contributed by atoms with Crippen LogP contribution in [0.15, 0.2) is 24.3 Å². The summed E-state index contributed by atoms with van der Waals surface area (Å²) in [6, 6.07) is 5.80. The molecular weight excluding hydrogens is 331 g/mol. The van der Waals surface area contributed by atoms with Gasteiger partial charge in [0, 0.05) is 28.7 Å². The van der Waals surface area contributed by atoms with Gasteiger partial charge in [-0.25, -0.2) is 13.2 Å². The third kappa shape index (κ3) is 3.73. The first-order chi connectivity index (χ1) is 11.8. The van der Waals surface area contributed by atoms with E-state index in [1.165, 1.54) is 31.2 Å². The molecule has 0 atom stereocenters. The molecule has 0 aliphatic carbocycles. The van der Waals surface area contributed by atoms with Gasteiger partial charge in [0.2, 0.25) is 0 Å². The van der Waals surface area contributed by atoms with Crippen LogP contribution in [-0.4, -0.2) is 11.7 Å². The highest BCUT2D eigenvalue weighted by molar-refractivity contribution is 6.05. The number of benzene rings is 2. The van der Waals surface area contributed by atoms with E-state index < -0.39 is 34.6 Å². The molecule has 2 aromatic rings. The fraction of sp³-hybridized carbons (Fsp3) is 0.263. The van der Waals surface area contributed by atoms with E-state index in [2.05, 4.69) is 5.32 Å². The zero-order valence-electron chi connectivity index (χ0n) is 14.2. The molecule has 2 rings (SSSR count). The monoisotopic (exact) mass is 349 g/mol. The molecule has 0 saturated heterocycles. The van der Waals surface area contributed by atoms with Crippen LogP contribution in [0.4, 0.5) is 18.9 Å². The van der Waals surface area contributed by atoms with Gasteiger partial charge in [0.25, 0.3) is 5.91 Å². The lowest BCUT2D eigenvalue weighted by molar-refractivity contribution is 0.0978. The molecule has 0 fully saturated rings. The van der Waals surface area contributed by atoms with E-state index in [9.17, 15) is 22.8 Å². The molecule has 25 heavy (non-hydrogen) atoms. The molecule has 0 unspecified atom stereocenters. The fourth-order valence-corrected chi connectivity index (χ4v) is 2.44. The van der Waals surface area contributed by atoms with Crippen molar-refractivity contribution < 1.29 is 22.8 Å². The molecule has 0 heterocycles. The van der Waals surface area contributed by atoms with E-state index in [0.717, 1.165) is 6.92 Å². The van der Waals surface area contributed by atoms with Crippen LogP contribution in [-0.2, 0) is 0 Å². The van der Waals surface area contributed by atoms with Crippen LogP contribution in [0.2, 0.25) is 0 Å². The number of hydrogen-bond acceptors (Lipinski definition) is 2. The minimum Gasteiger partial charge on any atom is -0.319 e. The van der Waals surface area contributed by atoms with Gasteiger partial charge in [-0.3, -0.25) is 9.59 Å².